The summed E-state index contributed by atoms with van der Waals surface area (Å²) in [6.45, 7) is 14.3. The summed E-state index contributed by atoms with van der Waals surface area (Å²) < 4.78 is 5.57. The van der Waals surface area contributed by atoms with Crippen molar-refractivity contribution >= 4 is 29.9 Å². The molecule has 148 valence electrons. The van der Waals surface area contributed by atoms with Gasteiger partial charge < -0.3 is 15.4 Å². The van der Waals surface area contributed by atoms with Crippen LogP contribution in [0.5, 0.6) is 5.75 Å². The molecule has 1 heterocycles. The zero-order valence-electron chi connectivity index (χ0n) is 16.7. The number of nitrogens with zero attached hydrogens (tertiary/aromatic N) is 2. The molecule has 0 spiro atoms. The fourth-order valence-corrected chi connectivity index (χ4v) is 3.25. The molecule has 0 aromatic heterocycles. The van der Waals surface area contributed by atoms with Crippen molar-refractivity contribution in [2.45, 2.75) is 46.6 Å². The van der Waals surface area contributed by atoms with Crippen LogP contribution in [0.1, 0.15) is 38.8 Å². The lowest BCUT2D eigenvalue weighted by molar-refractivity contribution is 0.237. The summed E-state index contributed by atoms with van der Waals surface area (Å²) in [5, 5.41) is 6.80. The highest BCUT2D eigenvalue weighted by Crippen LogP contribution is 2.25. The molecular weight excluding hydrogens is 439 g/mol. The molecule has 0 radical (unpaired) electrons. The van der Waals surface area contributed by atoms with Gasteiger partial charge in [0.05, 0.1) is 13.2 Å². The topological polar surface area (TPSA) is 48.9 Å². The summed E-state index contributed by atoms with van der Waals surface area (Å²) in [6.07, 6.45) is 2.02. The van der Waals surface area contributed by atoms with E-state index >= 15 is 0 Å². The lowest BCUT2D eigenvalue weighted by Gasteiger charge is -2.25. The fourth-order valence-electron chi connectivity index (χ4n) is 3.25. The maximum absolute atomic E-state index is 5.57. The predicted molar refractivity (Wildman–Crippen MR) is 121 cm³/mol. The van der Waals surface area contributed by atoms with E-state index < -0.39 is 0 Å². The molecule has 0 saturated heterocycles. The fraction of sp³-hybridized carbons (Fsp3) is 0.650. The van der Waals surface area contributed by atoms with Crippen molar-refractivity contribution in [1.29, 1.82) is 0 Å². The van der Waals surface area contributed by atoms with Gasteiger partial charge >= 0.3 is 0 Å². The number of likely N-dealkylation sites (N-methyl/N-ethyl adjacent to an activating group) is 1. The van der Waals surface area contributed by atoms with E-state index in [0.717, 1.165) is 63.9 Å². The maximum Gasteiger partial charge on any atom is 0.191 e. The molecular formula is C20H35IN4O. The molecule has 1 aliphatic rings. The van der Waals surface area contributed by atoms with E-state index in [1.165, 1.54) is 11.1 Å². The van der Waals surface area contributed by atoms with Crippen molar-refractivity contribution < 1.29 is 4.74 Å². The molecule has 0 bridgehead atoms. The van der Waals surface area contributed by atoms with Crippen molar-refractivity contribution in [3.05, 3.63) is 29.3 Å². The average Bonchev–Trinajstić information content (AvgIpc) is 3.08. The highest BCUT2D eigenvalue weighted by molar-refractivity contribution is 14.0. The molecule has 26 heavy (non-hydrogen) atoms. The Morgan fingerprint density at radius 3 is 2.69 bits per heavy atom. The van der Waals surface area contributed by atoms with Crippen LogP contribution in [0.4, 0.5) is 0 Å². The van der Waals surface area contributed by atoms with Gasteiger partial charge in [0.2, 0.25) is 0 Å². The molecule has 1 aromatic carbocycles. The van der Waals surface area contributed by atoms with Crippen LogP contribution in [0.2, 0.25) is 0 Å². The molecule has 1 atom stereocenters. The first-order valence-electron chi connectivity index (χ1n) is 9.68. The van der Waals surface area contributed by atoms with Crippen molar-refractivity contribution in [1.82, 2.24) is 15.5 Å². The van der Waals surface area contributed by atoms with Gasteiger partial charge in [-0.05, 0) is 50.6 Å². The van der Waals surface area contributed by atoms with Gasteiger partial charge in [0, 0.05) is 25.6 Å². The number of hydrogen-bond donors (Lipinski definition) is 2. The molecule has 0 amide bonds. The minimum atomic E-state index is 0. The van der Waals surface area contributed by atoms with E-state index in [1.54, 1.807) is 0 Å². The summed E-state index contributed by atoms with van der Waals surface area (Å²) in [7, 11) is 0. The van der Waals surface area contributed by atoms with E-state index in [1.807, 2.05) is 0 Å². The Kier molecular flexibility index (Phi) is 11.0. The number of rotatable bonds is 9. The summed E-state index contributed by atoms with van der Waals surface area (Å²) in [6, 6.07) is 7.00. The summed E-state index contributed by atoms with van der Waals surface area (Å²) in [5.41, 5.74) is 2.69. The first-order valence-corrected chi connectivity index (χ1v) is 9.68. The Bertz CT molecular complexity index is 561. The van der Waals surface area contributed by atoms with Crippen LogP contribution < -0.4 is 15.4 Å². The Balaban J connectivity index is 0.00000338. The van der Waals surface area contributed by atoms with E-state index in [4.69, 9.17) is 9.73 Å². The number of guanidine groups is 1. The molecule has 1 aromatic rings. The predicted octanol–water partition coefficient (Wildman–Crippen LogP) is 3.07. The van der Waals surface area contributed by atoms with E-state index in [2.05, 4.69) is 61.4 Å². The van der Waals surface area contributed by atoms with Crippen molar-refractivity contribution in [3.63, 3.8) is 0 Å². The van der Waals surface area contributed by atoms with Crippen LogP contribution in [0.25, 0.3) is 0 Å². The van der Waals surface area contributed by atoms with Gasteiger partial charge in [-0.2, -0.15) is 0 Å². The lowest BCUT2D eigenvalue weighted by Crippen LogP contribution is -2.40. The zero-order chi connectivity index (χ0) is 18.1. The third-order valence-corrected chi connectivity index (χ3v) is 4.75. The van der Waals surface area contributed by atoms with E-state index in [0.29, 0.717) is 6.04 Å². The monoisotopic (exact) mass is 474 g/mol. The Morgan fingerprint density at radius 2 is 2.00 bits per heavy atom. The first kappa shape index (κ1) is 23.0. The molecule has 2 rings (SSSR count). The molecule has 6 heteroatoms. The largest absolute Gasteiger partial charge is 0.493 e. The Labute approximate surface area is 176 Å². The highest BCUT2D eigenvalue weighted by atomic mass is 127. The third-order valence-electron chi connectivity index (χ3n) is 4.75. The van der Waals surface area contributed by atoms with Crippen LogP contribution in [-0.2, 0) is 12.8 Å². The maximum atomic E-state index is 5.57. The van der Waals surface area contributed by atoms with Crippen LogP contribution in [0, 0.1) is 0 Å². The van der Waals surface area contributed by atoms with Crippen LogP contribution in [0.3, 0.4) is 0 Å². The van der Waals surface area contributed by atoms with Gasteiger partial charge in [-0.15, -0.1) is 24.0 Å². The summed E-state index contributed by atoms with van der Waals surface area (Å²) >= 11 is 0. The average molecular weight is 474 g/mol. The Morgan fingerprint density at radius 1 is 1.23 bits per heavy atom. The number of nitrogens with one attached hydrogen (secondary N) is 2. The molecule has 1 unspecified atom stereocenters. The molecule has 0 aliphatic carbocycles. The smallest absolute Gasteiger partial charge is 0.191 e. The van der Waals surface area contributed by atoms with Gasteiger partial charge in [-0.3, -0.25) is 9.89 Å². The van der Waals surface area contributed by atoms with Crippen LogP contribution >= 0.6 is 24.0 Å². The van der Waals surface area contributed by atoms with Gasteiger partial charge in [0.25, 0.3) is 0 Å². The number of ether oxygens (including phenoxy) is 1. The minimum Gasteiger partial charge on any atom is -0.493 e. The molecule has 0 saturated carbocycles. The van der Waals surface area contributed by atoms with Crippen molar-refractivity contribution in [2.75, 3.05) is 39.3 Å². The number of aliphatic imine (C=N–C) groups is 1. The highest BCUT2D eigenvalue weighted by Gasteiger charge is 2.12. The van der Waals surface area contributed by atoms with Crippen LogP contribution in [-0.4, -0.2) is 56.2 Å². The standard InChI is InChI=1S/C20H34N4O.HI/c1-5-21-20(23-15-16(4)24(6-2)7-3)22-12-10-17-8-9-19-18(14-17)11-13-25-19;/h8-9,14,16H,5-7,10-13,15H2,1-4H3,(H2,21,22,23);1H. The van der Waals surface area contributed by atoms with Crippen molar-refractivity contribution in [2.24, 2.45) is 4.99 Å². The number of halogens is 1. The molecule has 1 aliphatic heterocycles. The normalized spacial score (nSPS) is 14.4. The van der Waals surface area contributed by atoms with Gasteiger partial charge in [0.15, 0.2) is 5.96 Å². The van der Waals surface area contributed by atoms with Gasteiger partial charge in [-0.1, -0.05) is 26.0 Å². The lowest BCUT2D eigenvalue weighted by atomic mass is 10.1. The third kappa shape index (κ3) is 6.95. The second-order valence-electron chi connectivity index (χ2n) is 6.51. The number of fused-ring (bicyclic) bond motifs is 1. The molecule has 2 N–H and O–H groups in total. The van der Waals surface area contributed by atoms with Crippen molar-refractivity contribution in [3.8, 4) is 5.75 Å². The summed E-state index contributed by atoms with van der Waals surface area (Å²) in [5.74, 6) is 1.96. The van der Waals surface area contributed by atoms with E-state index in [9.17, 15) is 0 Å². The molecule has 0 fully saturated rings. The Hall–Kier alpha value is -1.02. The number of hydrogen-bond acceptors (Lipinski definition) is 3. The summed E-state index contributed by atoms with van der Waals surface area (Å²) in [4.78, 5) is 7.18. The molecule has 5 nitrogen and oxygen atoms in total. The van der Waals surface area contributed by atoms with Crippen LogP contribution in [0.15, 0.2) is 23.2 Å². The SMILES string of the molecule is CCNC(=NCC(C)N(CC)CC)NCCc1ccc2c(c1)CCO2.I. The van der Waals surface area contributed by atoms with E-state index in [-0.39, 0.29) is 24.0 Å². The minimum absolute atomic E-state index is 0. The first-order chi connectivity index (χ1) is 12.2. The second-order valence-corrected chi connectivity index (χ2v) is 6.51. The quantitative estimate of drug-likeness (QED) is 0.328. The second kappa shape index (κ2) is 12.4. The van der Waals surface area contributed by atoms with Gasteiger partial charge in [-0.25, -0.2) is 0 Å². The van der Waals surface area contributed by atoms with Gasteiger partial charge in [0.1, 0.15) is 5.75 Å². The zero-order valence-corrected chi connectivity index (χ0v) is 19.0. The number of benzene rings is 1.